The van der Waals surface area contributed by atoms with E-state index in [9.17, 15) is 20.1 Å². The van der Waals surface area contributed by atoms with Crippen molar-refractivity contribution in [3.05, 3.63) is 53.6 Å². The molecule has 2 aromatic carbocycles. The van der Waals surface area contributed by atoms with Crippen LogP contribution in [0.4, 0.5) is 0 Å². The van der Waals surface area contributed by atoms with Crippen LogP contribution < -0.4 is 4.74 Å². The van der Waals surface area contributed by atoms with E-state index in [1.54, 1.807) is 24.3 Å². The summed E-state index contributed by atoms with van der Waals surface area (Å²) in [6, 6.07) is 11.0. The number of carboxylic acid groups (broad SMARTS) is 1. The molecule has 0 aromatic heterocycles. The minimum Gasteiger partial charge on any atom is -0.507 e. The van der Waals surface area contributed by atoms with Gasteiger partial charge in [0, 0.05) is 6.42 Å². The second-order valence-corrected chi connectivity index (χ2v) is 5.08. The summed E-state index contributed by atoms with van der Waals surface area (Å²) in [7, 11) is 0. The van der Waals surface area contributed by atoms with Crippen LogP contribution in [0.5, 0.6) is 17.2 Å². The Hall–Kier alpha value is -2.73. The first-order valence-electron chi connectivity index (χ1n) is 7.10. The highest BCUT2D eigenvalue weighted by molar-refractivity contribution is 5.66. The molecule has 6 nitrogen and oxygen atoms in total. The normalized spacial score (nSPS) is 11.9. The minimum atomic E-state index is -0.966. The lowest BCUT2D eigenvalue weighted by Crippen LogP contribution is -2.03. The van der Waals surface area contributed by atoms with E-state index in [1.165, 1.54) is 18.2 Å². The maximum absolute atomic E-state index is 10.5. The van der Waals surface area contributed by atoms with Gasteiger partial charge in [-0.3, -0.25) is 4.79 Å². The summed E-state index contributed by atoms with van der Waals surface area (Å²) in [5, 5.41) is 38.0. The van der Waals surface area contributed by atoms with Gasteiger partial charge in [0.2, 0.25) is 0 Å². The number of aliphatic hydroxyl groups is 1. The molecular formula is C17H18O6. The molecular weight excluding hydrogens is 300 g/mol. The summed E-state index contributed by atoms with van der Waals surface area (Å²) in [6.07, 6.45) is -0.912. The second-order valence-electron chi connectivity index (χ2n) is 5.08. The summed E-state index contributed by atoms with van der Waals surface area (Å²) in [5.41, 5.74) is 0.814. The third-order valence-electron chi connectivity index (χ3n) is 3.38. The molecule has 2 aromatic rings. The van der Waals surface area contributed by atoms with Crippen LogP contribution in [0.2, 0.25) is 0 Å². The van der Waals surface area contributed by atoms with Gasteiger partial charge in [0.1, 0.15) is 23.9 Å². The highest BCUT2D eigenvalue weighted by Crippen LogP contribution is 2.28. The highest BCUT2D eigenvalue weighted by atomic mass is 16.5. The Kier molecular flexibility index (Phi) is 5.43. The Morgan fingerprint density at radius 3 is 2.39 bits per heavy atom. The standard InChI is InChI=1S/C17H18O6/c18-14(7-8-17(21)22)11-3-1-4-12(9-11)23-10-13-15(19)5-2-6-16(13)20/h1-6,9,14,18-20H,7-8,10H2,(H,21,22). The van der Waals surface area contributed by atoms with Crippen molar-refractivity contribution in [3.8, 4) is 17.2 Å². The topological polar surface area (TPSA) is 107 Å². The molecule has 0 saturated heterocycles. The average molecular weight is 318 g/mol. The Bertz CT molecular complexity index is 662. The predicted octanol–water partition coefficient (Wildman–Crippen LogP) is 2.58. The van der Waals surface area contributed by atoms with E-state index in [4.69, 9.17) is 9.84 Å². The smallest absolute Gasteiger partial charge is 0.303 e. The zero-order chi connectivity index (χ0) is 16.8. The molecule has 0 fully saturated rings. The van der Waals surface area contributed by atoms with Gasteiger partial charge in [-0.15, -0.1) is 0 Å². The number of phenolic OH excluding ortho intramolecular Hbond substituents is 2. The fraction of sp³-hybridized carbons (Fsp3) is 0.235. The number of rotatable bonds is 7. The molecule has 122 valence electrons. The van der Waals surface area contributed by atoms with Crippen LogP contribution in [-0.4, -0.2) is 26.4 Å². The maximum atomic E-state index is 10.5. The van der Waals surface area contributed by atoms with E-state index in [0.29, 0.717) is 11.3 Å². The number of phenols is 2. The third kappa shape index (κ3) is 4.62. The number of aliphatic hydroxyl groups excluding tert-OH is 1. The van der Waals surface area contributed by atoms with Crippen molar-refractivity contribution >= 4 is 5.97 Å². The number of aromatic hydroxyl groups is 2. The summed E-state index contributed by atoms with van der Waals surface area (Å²) in [5.74, 6) is -0.656. The quantitative estimate of drug-likeness (QED) is 0.625. The van der Waals surface area contributed by atoms with E-state index in [-0.39, 0.29) is 36.5 Å². The number of carboxylic acids is 1. The molecule has 0 bridgehead atoms. The molecule has 2 rings (SSSR count). The van der Waals surface area contributed by atoms with Gasteiger partial charge in [-0.2, -0.15) is 0 Å². The first kappa shape index (κ1) is 16.6. The molecule has 0 amide bonds. The molecule has 0 aliphatic rings. The second kappa shape index (κ2) is 7.51. The van der Waals surface area contributed by atoms with E-state index < -0.39 is 12.1 Å². The summed E-state index contributed by atoms with van der Waals surface area (Å²) in [6.45, 7) is -0.0345. The maximum Gasteiger partial charge on any atom is 0.303 e. The van der Waals surface area contributed by atoms with Crippen molar-refractivity contribution in [1.82, 2.24) is 0 Å². The number of aliphatic carboxylic acids is 1. The molecule has 1 atom stereocenters. The van der Waals surface area contributed by atoms with Gasteiger partial charge in [-0.25, -0.2) is 0 Å². The Balaban J connectivity index is 2.04. The number of benzene rings is 2. The number of hydrogen-bond donors (Lipinski definition) is 4. The van der Waals surface area contributed by atoms with Crippen LogP contribution >= 0.6 is 0 Å². The fourth-order valence-electron chi connectivity index (χ4n) is 2.10. The summed E-state index contributed by atoms with van der Waals surface area (Å²) >= 11 is 0. The van der Waals surface area contributed by atoms with Gasteiger partial charge in [0.15, 0.2) is 0 Å². The van der Waals surface area contributed by atoms with E-state index in [2.05, 4.69) is 0 Å². The molecule has 0 radical (unpaired) electrons. The molecule has 6 heteroatoms. The first-order chi connectivity index (χ1) is 11.0. The van der Waals surface area contributed by atoms with Crippen LogP contribution in [0.15, 0.2) is 42.5 Å². The Morgan fingerprint density at radius 2 is 1.74 bits per heavy atom. The van der Waals surface area contributed by atoms with Gasteiger partial charge < -0.3 is 25.2 Å². The number of carbonyl (C=O) groups is 1. The lowest BCUT2D eigenvalue weighted by atomic mass is 10.0. The monoisotopic (exact) mass is 318 g/mol. The average Bonchev–Trinajstić information content (AvgIpc) is 2.52. The van der Waals surface area contributed by atoms with Crippen LogP contribution in [0.1, 0.15) is 30.1 Å². The van der Waals surface area contributed by atoms with Crippen LogP contribution in [0, 0.1) is 0 Å². The molecule has 0 aliphatic carbocycles. The largest absolute Gasteiger partial charge is 0.507 e. The van der Waals surface area contributed by atoms with Crippen LogP contribution in [-0.2, 0) is 11.4 Å². The van der Waals surface area contributed by atoms with Crippen molar-refractivity contribution in [3.63, 3.8) is 0 Å². The van der Waals surface area contributed by atoms with Gasteiger partial charge in [-0.05, 0) is 36.2 Å². The lowest BCUT2D eigenvalue weighted by Gasteiger charge is -2.13. The molecule has 4 N–H and O–H groups in total. The van der Waals surface area contributed by atoms with Crippen molar-refractivity contribution in [2.45, 2.75) is 25.6 Å². The zero-order valence-electron chi connectivity index (χ0n) is 12.3. The van der Waals surface area contributed by atoms with E-state index in [1.807, 2.05) is 0 Å². The predicted molar refractivity (Wildman–Crippen MR) is 82.4 cm³/mol. The summed E-state index contributed by atoms with van der Waals surface area (Å²) < 4.78 is 5.52. The first-order valence-corrected chi connectivity index (χ1v) is 7.10. The highest BCUT2D eigenvalue weighted by Gasteiger charge is 2.12. The minimum absolute atomic E-state index is 0.0345. The Morgan fingerprint density at radius 1 is 1.09 bits per heavy atom. The molecule has 0 aliphatic heterocycles. The van der Waals surface area contributed by atoms with Crippen molar-refractivity contribution in [2.75, 3.05) is 0 Å². The molecule has 0 heterocycles. The molecule has 23 heavy (non-hydrogen) atoms. The van der Waals surface area contributed by atoms with Crippen molar-refractivity contribution in [1.29, 1.82) is 0 Å². The third-order valence-corrected chi connectivity index (χ3v) is 3.38. The van der Waals surface area contributed by atoms with Gasteiger partial charge in [0.25, 0.3) is 0 Å². The number of ether oxygens (including phenoxy) is 1. The number of hydrogen-bond acceptors (Lipinski definition) is 5. The van der Waals surface area contributed by atoms with Crippen molar-refractivity contribution < 1.29 is 30.0 Å². The zero-order valence-corrected chi connectivity index (χ0v) is 12.3. The van der Waals surface area contributed by atoms with Crippen LogP contribution in [0.25, 0.3) is 0 Å². The van der Waals surface area contributed by atoms with Crippen molar-refractivity contribution in [2.24, 2.45) is 0 Å². The molecule has 0 saturated carbocycles. The van der Waals surface area contributed by atoms with E-state index >= 15 is 0 Å². The van der Waals surface area contributed by atoms with Gasteiger partial charge in [0.05, 0.1) is 11.7 Å². The molecule has 1 unspecified atom stereocenters. The van der Waals surface area contributed by atoms with Gasteiger partial charge in [-0.1, -0.05) is 18.2 Å². The SMILES string of the molecule is O=C(O)CCC(O)c1cccc(OCc2c(O)cccc2O)c1. The lowest BCUT2D eigenvalue weighted by molar-refractivity contribution is -0.137. The molecule has 0 spiro atoms. The Labute approximate surface area is 133 Å². The van der Waals surface area contributed by atoms with Gasteiger partial charge >= 0.3 is 5.97 Å². The van der Waals surface area contributed by atoms with E-state index in [0.717, 1.165) is 0 Å². The fourth-order valence-corrected chi connectivity index (χ4v) is 2.10. The summed E-state index contributed by atoms with van der Waals surface area (Å²) in [4.78, 5) is 10.5. The van der Waals surface area contributed by atoms with Crippen LogP contribution in [0.3, 0.4) is 0 Å².